The van der Waals surface area contributed by atoms with Gasteiger partial charge in [0, 0.05) is 30.6 Å². The molecule has 2 aliphatic heterocycles. The second-order valence-electron chi connectivity index (χ2n) is 6.57. The Kier molecular flexibility index (Phi) is 4.71. The van der Waals surface area contributed by atoms with Gasteiger partial charge in [0.25, 0.3) is 0 Å². The molecule has 0 aliphatic carbocycles. The van der Waals surface area contributed by atoms with Gasteiger partial charge in [0.2, 0.25) is 5.91 Å². The van der Waals surface area contributed by atoms with E-state index in [1.54, 1.807) is 0 Å². The molecular formula is C17H23ClN2O2. The Morgan fingerprint density at radius 1 is 1.32 bits per heavy atom. The summed E-state index contributed by atoms with van der Waals surface area (Å²) in [6, 6.07) is 7.44. The molecule has 2 heterocycles. The number of hydrogen-bond acceptors (Lipinski definition) is 3. The van der Waals surface area contributed by atoms with E-state index >= 15 is 0 Å². The number of benzene rings is 1. The largest absolute Gasteiger partial charge is 0.396 e. The lowest BCUT2D eigenvalue weighted by atomic mass is 9.71. The molecule has 0 aromatic heterocycles. The van der Waals surface area contributed by atoms with Crippen molar-refractivity contribution in [2.24, 2.45) is 11.3 Å². The van der Waals surface area contributed by atoms with Crippen LogP contribution in [0.1, 0.15) is 18.4 Å². The maximum atomic E-state index is 12.6. The first-order valence-electron chi connectivity index (χ1n) is 7.97. The van der Waals surface area contributed by atoms with Gasteiger partial charge in [0.15, 0.2) is 0 Å². The van der Waals surface area contributed by atoms with E-state index in [2.05, 4.69) is 5.32 Å². The summed E-state index contributed by atoms with van der Waals surface area (Å²) in [5, 5.41) is 13.8. The summed E-state index contributed by atoms with van der Waals surface area (Å²) >= 11 is 5.88. The predicted octanol–water partition coefficient (Wildman–Crippen LogP) is 1.70. The van der Waals surface area contributed by atoms with Crippen LogP contribution >= 0.6 is 11.6 Å². The molecular weight excluding hydrogens is 300 g/mol. The first kappa shape index (κ1) is 15.8. The number of aliphatic hydroxyl groups is 1. The topological polar surface area (TPSA) is 52.6 Å². The van der Waals surface area contributed by atoms with Gasteiger partial charge in [-0.3, -0.25) is 4.79 Å². The number of nitrogens with one attached hydrogen (secondary N) is 1. The summed E-state index contributed by atoms with van der Waals surface area (Å²) in [6.07, 6.45) is 2.50. The molecule has 0 bridgehead atoms. The van der Waals surface area contributed by atoms with Crippen LogP contribution in [-0.2, 0) is 11.2 Å². The molecule has 3 rings (SSSR count). The fraction of sp³-hybridized carbons (Fsp3) is 0.588. The monoisotopic (exact) mass is 322 g/mol. The van der Waals surface area contributed by atoms with Crippen molar-refractivity contribution in [3.63, 3.8) is 0 Å². The number of likely N-dealkylation sites (tertiary alicyclic amines) is 1. The third kappa shape index (κ3) is 3.14. The summed E-state index contributed by atoms with van der Waals surface area (Å²) in [7, 11) is 0. The second-order valence-corrected chi connectivity index (χ2v) is 7.01. The van der Waals surface area contributed by atoms with Crippen molar-refractivity contribution >= 4 is 17.5 Å². The van der Waals surface area contributed by atoms with Crippen LogP contribution < -0.4 is 5.32 Å². The molecule has 1 amide bonds. The van der Waals surface area contributed by atoms with E-state index in [1.165, 1.54) is 0 Å². The van der Waals surface area contributed by atoms with Gasteiger partial charge in [0.05, 0.1) is 6.42 Å². The number of rotatable bonds is 3. The molecule has 0 radical (unpaired) electrons. The van der Waals surface area contributed by atoms with Crippen molar-refractivity contribution in [2.75, 3.05) is 32.8 Å². The lowest BCUT2D eigenvalue weighted by Gasteiger charge is -2.37. The van der Waals surface area contributed by atoms with Crippen molar-refractivity contribution < 1.29 is 9.90 Å². The molecule has 2 aliphatic rings. The molecule has 1 spiro atoms. The average Bonchev–Trinajstić information content (AvgIpc) is 2.88. The highest BCUT2D eigenvalue weighted by Gasteiger charge is 2.47. The Bertz CT molecular complexity index is 526. The van der Waals surface area contributed by atoms with Crippen LogP contribution in [-0.4, -0.2) is 48.7 Å². The molecule has 2 saturated heterocycles. The molecule has 1 atom stereocenters. The molecule has 2 N–H and O–H groups in total. The molecule has 0 saturated carbocycles. The highest BCUT2D eigenvalue weighted by atomic mass is 35.5. The Balaban J connectivity index is 1.67. The van der Waals surface area contributed by atoms with Crippen LogP contribution in [0.3, 0.4) is 0 Å². The zero-order valence-electron chi connectivity index (χ0n) is 12.7. The lowest BCUT2D eigenvalue weighted by molar-refractivity contribution is -0.130. The molecule has 5 heteroatoms. The number of nitrogens with zero attached hydrogens (tertiary/aromatic N) is 1. The quantitative estimate of drug-likeness (QED) is 0.890. The molecule has 1 aromatic rings. The Morgan fingerprint density at radius 3 is 2.64 bits per heavy atom. The number of carbonyl (C=O) groups excluding carboxylic acids is 1. The van der Waals surface area contributed by atoms with E-state index in [1.807, 2.05) is 29.2 Å². The fourth-order valence-electron chi connectivity index (χ4n) is 3.85. The van der Waals surface area contributed by atoms with E-state index < -0.39 is 0 Å². The lowest BCUT2D eigenvalue weighted by Crippen LogP contribution is -2.43. The summed E-state index contributed by atoms with van der Waals surface area (Å²) in [5.74, 6) is 0.361. The molecule has 120 valence electrons. The number of piperidine rings is 1. The standard InChI is InChI=1S/C17H23ClN2O2/c18-15-3-1-13(2-4-15)9-16(22)20-10-14(11-21)17(12-20)5-7-19-8-6-17/h1-4,14,19,21H,5-12H2. The van der Waals surface area contributed by atoms with Crippen molar-refractivity contribution in [3.05, 3.63) is 34.9 Å². The maximum absolute atomic E-state index is 12.6. The highest BCUT2D eigenvalue weighted by Crippen LogP contribution is 2.43. The van der Waals surface area contributed by atoms with E-state index in [-0.39, 0.29) is 23.8 Å². The zero-order chi connectivity index (χ0) is 15.6. The van der Waals surface area contributed by atoms with E-state index in [9.17, 15) is 9.90 Å². The Labute approximate surface area is 136 Å². The van der Waals surface area contributed by atoms with Crippen molar-refractivity contribution in [2.45, 2.75) is 19.3 Å². The maximum Gasteiger partial charge on any atom is 0.227 e. The minimum atomic E-state index is 0.107. The summed E-state index contributed by atoms with van der Waals surface area (Å²) < 4.78 is 0. The molecule has 22 heavy (non-hydrogen) atoms. The van der Waals surface area contributed by atoms with Gasteiger partial charge in [-0.15, -0.1) is 0 Å². The van der Waals surface area contributed by atoms with Gasteiger partial charge >= 0.3 is 0 Å². The summed E-state index contributed by atoms with van der Waals surface area (Å²) in [4.78, 5) is 14.5. The van der Waals surface area contributed by atoms with E-state index in [0.29, 0.717) is 18.0 Å². The van der Waals surface area contributed by atoms with Gasteiger partial charge in [-0.2, -0.15) is 0 Å². The van der Waals surface area contributed by atoms with Crippen LogP contribution in [0.5, 0.6) is 0 Å². The van der Waals surface area contributed by atoms with Crippen LogP contribution in [0.4, 0.5) is 0 Å². The number of halogens is 1. The third-order valence-corrected chi connectivity index (χ3v) is 5.51. The van der Waals surface area contributed by atoms with Crippen LogP contribution in [0.15, 0.2) is 24.3 Å². The van der Waals surface area contributed by atoms with E-state index in [4.69, 9.17) is 11.6 Å². The number of aliphatic hydroxyl groups excluding tert-OH is 1. The van der Waals surface area contributed by atoms with Crippen LogP contribution in [0, 0.1) is 11.3 Å². The van der Waals surface area contributed by atoms with Crippen LogP contribution in [0.2, 0.25) is 5.02 Å². The van der Waals surface area contributed by atoms with Gasteiger partial charge < -0.3 is 15.3 Å². The van der Waals surface area contributed by atoms with E-state index in [0.717, 1.165) is 38.0 Å². The number of hydrogen-bond donors (Lipinski definition) is 2. The van der Waals surface area contributed by atoms with Gasteiger partial charge in [-0.05, 0) is 49.0 Å². The summed E-state index contributed by atoms with van der Waals surface area (Å²) in [6.45, 7) is 3.60. The smallest absolute Gasteiger partial charge is 0.227 e. The van der Waals surface area contributed by atoms with Crippen LogP contribution in [0.25, 0.3) is 0 Å². The minimum Gasteiger partial charge on any atom is -0.396 e. The first-order valence-corrected chi connectivity index (χ1v) is 8.34. The summed E-state index contributed by atoms with van der Waals surface area (Å²) in [5.41, 5.74) is 1.09. The molecule has 4 nitrogen and oxygen atoms in total. The third-order valence-electron chi connectivity index (χ3n) is 5.25. The number of amides is 1. The fourth-order valence-corrected chi connectivity index (χ4v) is 3.98. The molecule has 1 unspecified atom stereocenters. The van der Waals surface area contributed by atoms with Crippen molar-refractivity contribution in [3.8, 4) is 0 Å². The highest BCUT2D eigenvalue weighted by molar-refractivity contribution is 6.30. The van der Waals surface area contributed by atoms with Gasteiger partial charge in [-0.25, -0.2) is 0 Å². The van der Waals surface area contributed by atoms with Gasteiger partial charge in [0.1, 0.15) is 0 Å². The van der Waals surface area contributed by atoms with Crippen molar-refractivity contribution in [1.82, 2.24) is 10.2 Å². The Morgan fingerprint density at radius 2 is 2.00 bits per heavy atom. The SMILES string of the molecule is O=C(Cc1ccc(Cl)cc1)N1CC(CO)C2(CCNCC2)C1. The number of carbonyl (C=O) groups is 1. The Hall–Kier alpha value is -1.10. The molecule has 2 fully saturated rings. The zero-order valence-corrected chi connectivity index (χ0v) is 13.5. The predicted molar refractivity (Wildman–Crippen MR) is 86.8 cm³/mol. The average molecular weight is 323 g/mol. The molecule has 1 aromatic carbocycles. The normalized spacial score (nSPS) is 23.9. The first-order chi connectivity index (χ1) is 10.6. The van der Waals surface area contributed by atoms with Gasteiger partial charge in [-0.1, -0.05) is 23.7 Å². The second kappa shape index (κ2) is 6.57. The van der Waals surface area contributed by atoms with Crippen molar-refractivity contribution in [1.29, 1.82) is 0 Å². The minimum absolute atomic E-state index is 0.107.